The second-order valence-corrected chi connectivity index (χ2v) is 9.00. The molecule has 29 heavy (non-hydrogen) atoms. The van der Waals surface area contributed by atoms with E-state index in [1.165, 1.54) is 6.20 Å². The van der Waals surface area contributed by atoms with Gasteiger partial charge in [-0.1, -0.05) is 13.3 Å². The fraction of sp³-hybridized carbons (Fsp3) is 0.789. The maximum atomic E-state index is 15.4. The Bertz CT molecular complexity index is 769. The summed E-state index contributed by atoms with van der Waals surface area (Å²) in [6.45, 7) is 10.4. The summed E-state index contributed by atoms with van der Waals surface area (Å²) in [7, 11) is -1.60. The molecule has 5 atom stereocenters. The van der Waals surface area contributed by atoms with Gasteiger partial charge in [-0.05, 0) is 41.0 Å². The van der Waals surface area contributed by atoms with E-state index in [0.29, 0.717) is 6.61 Å². The van der Waals surface area contributed by atoms with E-state index in [0.717, 1.165) is 23.5 Å². The number of hydrogen-bond acceptors (Lipinski definition) is 6. The predicted octanol–water partition coefficient (Wildman–Crippen LogP) is 3.34. The number of nitrogens with one attached hydrogen (secondary N) is 1. The van der Waals surface area contributed by atoms with Crippen molar-refractivity contribution in [1.82, 2.24) is 14.2 Å². The quantitative estimate of drug-likeness (QED) is 0.449. The SMILES string of the molecule is [2H]C[C@H]1O[C@@H](n2ccc(=O)[nH]c2=O)[C@@H](F)C1OP(OCCCC)N(C(C)C)C(C)C. The molecule has 0 aliphatic carbocycles. The van der Waals surface area contributed by atoms with Crippen molar-refractivity contribution in [3.63, 3.8) is 0 Å². The number of alkyl halides is 1. The average molecular weight is 434 g/mol. The molecule has 0 amide bonds. The van der Waals surface area contributed by atoms with Crippen LogP contribution >= 0.6 is 8.53 Å². The summed E-state index contributed by atoms with van der Waals surface area (Å²) in [4.78, 5) is 25.5. The van der Waals surface area contributed by atoms with Crippen molar-refractivity contribution >= 4 is 8.53 Å². The number of H-pyrrole nitrogens is 1. The van der Waals surface area contributed by atoms with E-state index in [-0.39, 0.29) is 19.0 Å². The van der Waals surface area contributed by atoms with Crippen molar-refractivity contribution in [2.75, 3.05) is 6.61 Å². The van der Waals surface area contributed by atoms with Crippen molar-refractivity contribution in [3.05, 3.63) is 33.1 Å². The third-order valence-corrected chi connectivity index (χ3v) is 6.68. The van der Waals surface area contributed by atoms with Gasteiger partial charge in [0.05, 0.1) is 12.7 Å². The van der Waals surface area contributed by atoms with Gasteiger partial charge in [0, 0.05) is 25.7 Å². The van der Waals surface area contributed by atoms with Gasteiger partial charge in [-0.25, -0.2) is 13.9 Å². The van der Waals surface area contributed by atoms with Crippen LogP contribution < -0.4 is 11.2 Å². The Kier molecular flexibility index (Phi) is 8.38. The molecular formula is C19H33FN3O5P. The van der Waals surface area contributed by atoms with E-state index in [9.17, 15) is 9.59 Å². The lowest BCUT2D eigenvalue weighted by Gasteiger charge is -2.37. The monoisotopic (exact) mass is 434 g/mol. The summed E-state index contributed by atoms with van der Waals surface area (Å²) >= 11 is 0. The molecule has 1 aromatic rings. The van der Waals surface area contributed by atoms with E-state index in [1.807, 2.05) is 27.7 Å². The first-order chi connectivity index (χ1) is 14.2. The van der Waals surface area contributed by atoms with Crippen LogP contribution in [0.4, 0.5) is 4.39 Å². The Morgan fingerprint density at radius 1 is 1.38 bits per heavy atom. The number of nitrogens with zero attached hydrogens (tertiary/aromatic N) is 2. The summed E-state index contributed by atoms with van der Waals surface area (Å²) < 4.78 is 44.1. The Morgan fingerprint density at radius 2 is 2.07 bits per heavy atom. The van der Waals surface area contributed by atoms with Crippen LogP contribution in [0.2, 0.25) is 0 Å². The van der Waals surface area contributed by atoms with Crippen LogP contribution in [0, 0.1) is 0 Å². The summed E-state index contributed by atoms with van der Waals surface area (Å²) in [6.07, 6.45) is -1.93. The van der Waals surface area contributed by atoms with Crippen molar-refractivity contribution in [2.24, 2.45) is 0 Å². The van der Waals surface area contributed by atoms with Crippen LogP contribution in [0.15, 0.2) is 21.9 Å². The second-order valence-electron chi connectivity index (χ2n) is 7.59. The van der Waals surface area contributed by atoms with Crippen LogP contribution in [0.1, 0.15) is 62.0 Å². The highest BCUT2D eigenvalue weighted by Crippen LogP contribution is 2.50. The van der Waals surface area contributed by atoms with Crippen molar-refractivity contribution in [1.29, 1.82) is 0 Å². The van der Waals surface area contributed by atoms with Gasteiger partial charge in [0.25, 0.3) is 14.1 Å². The van der Waals surface area contributed by atoms with E-state index in [2.05, 4.69) is 16.6 Å². The molecule has 166 valence electrons. The molecule has 1 aliphatic rings. The molecule has 10 heteroatoms. The molecule has 0 bridgehead atoms. The molecule has 2 unspecified atom stereocenters. The molecule has 2 heterocycles. The highest BCUT2D eigenvalue weighted by molar-refractivity contribution is 7.44. The van der Waals surface area contributed by atoms with E-state index in [1.54, 1.807) is 0 Å². The van der Waals surface area contributed by atoms with Gasteiger partial charge in [-0.2, -0.15) is 0 Å². The molecule has 0 radical (unpaired) electrons. The van der Waals surface area contributed by atoms with Gasteiger partial charge in [0.1, 0.15) is 6.10 Å². The number of halogens is 1. The molecule has 0 spiro atoms. The smallest absolute Gasteiger partial charge is 0.330 e. The van der Waals surface area contributed by atoms with Gasteiger partial charge in [-0.3, -0.25) is 14.3 Å². The lowest BCUT2D eigenvalue weighted by Crippen LogP contribution is -2.38. The zero-order chi connectivity index (χ0) is 22.4. The number of rotatable bonds is 10. The molecule has 8 nitrogen and oxygen atoms in total. The largest absolute Gasteiger partial charge is 0.349 e. The van der Waals surface area contributed by atoms with Crippen LogP contribution in [-0.2, 0) is 13.8 Å². The molecule has 1 aliphatic heterocycles. The van der Waals surface area contributed by atoms with E-state index < -0.39 is 44.4 Å². The minimum Gasteiger partial charge on any atom is -0.349 e. The fourth-order valence-electron chi connectivity index (χ4n) is 3.19. The van der Waals surface area contributed by atoms with Crippen LogP contribution in [0.5, 0.6) is 0 Å². The maximum absolute atomic E-state index is 15.4. The van der Waals surface area contributed by atoms with E-state index in [4.69, 9.17) is 15.2 Å². The van der Waals surface area contributed by atoms with Crippen molar-refractivity contribution in [2.45, 2.75) is 91.1 Å². The lowest BCUT2D eigenvalue weighted by atomic mass is 10.2. The topological polar surface area (TPSA) is 85.8 Å². The highest BCUT2D eigenvalue weighted by atomic mass is 31.2. The van der Waals surface area contributed by atoms with E-state index >= 15 is 4.39 Å². The third kappa shape index (κ3) is 5.95. The van der Waals surface area contributed by atoms with Gasteiger partial charge in [0.15, 0.2) is 12.4 Å². The normalized spacial score (nSPS) is 26.4. The number of unbranched alkanes of at least 4 members (excludes halogenated alkanes) is 1. The summed E-state index contributed by atoms with van der Waals surface area (Å²) in [5.41, 5.74) is -1.35. The van der Waals surface area contributed by atoms with Crippen LogP contribution in [0.25, 0.3) is 0 Å². The molecule has 0 saturated carbocycles. The summed E-state index contributed by atoms with van der Waals surface area (Å²) in [6, 6.07) is 1.33. The molecular weight excluding hydrogens is 400 g/mol. The number of hydrogen-bond donors (Lipinski definition) is 1. The fourth-order valence-corrected chi connectivity index (χ4v) is 4.99. The Labute approximate surface area is 173 Å². The predicted molar refractivity (Wildman–Crippen MR) is 111 cm³/mol. The first-order valence-corrected chi connectivity index (χ1v) is 11.1. The Morgan fingerprint density at radius 3 is 2.62 bits per heavy atom. The van der Waals surface area contributed by atoms with Crippen molar-refractivity contribution in [3.8, 4) is 0 Å². The molecule has 1 aromatic heterocycles. The lowest BCUT2D eigenvalue weighted by molar-refractivity contribution is -0.0180. The average Bonchev–Trinajstić information content (AvgIpc) is 2.97. The summed E-state index contributed by atoms with van der Waals surface area (Å²) in [5.74, 6) is 0. The number of aromatic amines is 1. The standard InChI is InChI=1S/C19H33FN3O5P/c1-7-8-11-26-29(23(12(2)3)13(4)5)28-17-14(6)27-18(16(17)20)22-10-9-15(24)21-19(22)25/h9-10,12-14,16-18H,7-8,11H2,1-6H3,(H,21,24,25)/t14-,16+,17?,18-,29?/m1/s1/i6D. The zero-order valence-corrected chi connectivity index (χ0v) is 18.6. The first kappa shape index (κ1) is 22.6. The number of aromatic nitrogens is 2. The maximum Gasteiger partial charge on any atom is 0.330 e. The van der Waals surface area contributed by atoms with Gasteiger partial charge in [0.2, 0.25) is 0 Å². The number of ether oxygens (including phenoxy) is 1. The van der Waals surface area contributed by atoms with Gasteiger partial charge in [-0.15, -0.1) is 0 Å². The molecule has 0 aromatic carbocycles. The Balaban J connectivity index is 2.28. The molecule has 2 rings (SSSR count). The highest BCUT2D eigenvalue weighted by Gasteiger charge is 2.47. The summed E-state index contributed by atoms with van der Waals surface area (Å²) in [5, 5.41) is 0. The molecule has 1 N–H and O–H groups in total. The van der Waals surface area contributed by atoms with Crippen LogP contribution in [0.3, 0.4) is 0 Å². The van der Waals surface area contributed by atoms with Crippen LogP contribution in [-0.4, -0.2) is 51.3 Å². The first-order valence-electron chi connectivity index (χ1n) is 10.7. The minimum atomic E-state index is -1.70. The van der Waals surface area contributed by atoms with Crippen molar-refractivity contribution < 1.29 is 19.5 Å². The molecule has 1 fully saturated rings. The van der Waals surface area contributed by atoms with Gasteiger partial charge >= 0.3 is 5.69 Å². The molecule has 1 saturated heterocycles. The second kappa shape index (κ2) is 10.8. The zero-order valence-electron chi connectivity index (χ0n) is 18.7. The third-order valence-electron chi connectivity index (χ3n) is 4.55. The van der Waals surface area contributed by atoms with Gasteiger partial charge < -0.3 is 13.8 Å². The Hall–Kier alpha value is -1.12. The minimum absolute atomic E-state index is 0.102.